The monoisotopic (exact) mass is 248 g/mol. The first-order valence-corrected chi connectivity index (χ1v) is 5.60. The van der Waals surface area contributed by atoms with Crippen molar-refractivity contribution in [2.45, 2.75) is 13.0 Å². The van der Waals surface area contributed by atoms with Crippen molar-refractivity contribution < 1.29 is 13.9 Å². The number of benzene rings is 1. The molecule has 2 aromatic rings. The molecule has 18 heavy (non-hydrogen) atoms. The molecule has 5 nitrogen and oxygen atoms in total. The molecule has 1 heterocycles. The maximum absolute atomic E-state index is 5.72. The summed E-state index contributed by atoms with van der Waals surface area (Å²) in [5, 5.41) is 0. The normalized spacial score (nSPS) is 12.2. The number of rotatable bonds is 4. The van der Waals surface area contributed by atoms with E-state index in [4.69, 9.17) is 19.6 Å². The second-order valence-electron chi connectivity index (χ2n) is 3.89. The second-order valence-corrected chi connectivity index (χ2v) is 3.89. The predicted octanol–water partition coefficient (Wildman–Crippen LogP) is 2.38. The summed E-state index contributed by atoms with van der Waals surface area (Å²) in [6.45, 7) is 1.82. The van der Waals surface area contributed by atoms with Gasteiger partial charge in [0.1, 0.15) is 0 Å². The lowest BCUT2D eigenvalue weighted by atomic mass is 10.1. The molecule has 1 aromatic heterocycles. The second kappa shape index (κ2) is 5.10. The summed E-state index contributed by atoms with van der Waals surface area (Å²) >= 11 is 0. The molecule has 5 heteroatoms. The van der Waals surface area contributed by atoms with Crippen molar-refractivity contribution in [1.29, 1.82) is 0 Å². The minimum absolute atomic E-state index is 0.240. The molecule has 0 spiro atoms. The predicted molar refractivity (Wildman–Crippen MR) is 67.6 cm³/mol. The zero-order valence-corrected chi connectivity index (χ0v) is 10.6. The third-order valence-corrected chi connectivity index (χ3v) is 2.58. The van der Waals surface area contributed by atoms with E-state index >= 15 is 0 Å². The fourth-order valence-corrected chi connectivity index (χ4v) is 1.70. The summed E-state index contributed by atoms with van der Waals surface area (Å²) < 4.78 is 16.2. The Morgan fingerprint density at radius 2 is 2.06 bits per heavy atom. The molecule has 1 unspecified atom stereocenters. The van der Waals surface area contributed by atoms with Gasteiger partial charge in [-0.3, -0.25) is 0 Å². The van der Waals surface area contributed by atoms with Crippen LogP contribution in [0.15, 0.2) is 28.8 Å². The molecular weight excluding hydrogens is 232 g/mol. The van der Waals surface area contributed by atoms with Crippen LogP contribution in [0.25, 0.3) is 11.3 Å². The molecule has 0 aliphatic rings. The molecule has 0 saturated heterocycles. The van der Waals surface area contributed by atoms with E-state index < -0.39 is 0 Å². The number of oxazole rings is 1. The highest BCUT2D eigenvalue weighted by atomic mass is 16.5. The lowest BCUT2D eigenvalue weighted by Gasteiger charge is -2.10. The van der Waals surface area contributed by atoms with Crippen LogP contribution in [-0.4, -0.2) is 19.2 Å². The number of ether oxygens (including phenoxy) is 2. The van der Waals surface area contributed by atoms with Crippen LogP contribution in [0, 0.1) is 0 Å². The lowest BCUT2D eigenvalue weighted by molar-refractivity contribution is 0.355. The number of nitrogens with two attached hydrogens (primary N) is 1. The highest BCUT2D eigenvalue weighted by molar-refractivity contribution is 5.69. The Labute approximate surface area is 106 Å². The van der Waals surface area contributed by atoms with Crippen molar-refractivity contribution in [1.82, 2.24) is 4.98 Å². The highest BCUT2D eigenvalue weighted by Gasteiger charge is 2.16. The van der Waals surface area contributed by atoms with Crippen molar-refractivity contribution in [3.05, 3.63) is 30.3 Å². The topological polar surface area (TPSA) is 70.5 Å². The van der Waals surface area contributed by atoms with Crippen LogP contribution in [0.2, 0.25) is 0 Å². The number of para-hydroxylation sites is 1. The molecule has 1 atom stereocenters. The molecular formula is C13H16N2O3. The van der Waals surface area contributed by atoms with E-state index in [1.165, 1.54) is 0 Å². The van der Waals surface area contributed by atoms with Gasteiger partial charge in [-0.1, -0.05) is 6.07 Å². The summed E-state index contributed by atoms with van der Waals surface area (Å²) in [5.41, 5.74) is 6.51. The largest absolute Gasteiger partial charge is 0.493 e. The van der Waals surface area contributed by atoms with Gasteiger partial charge in [0, 0.05) is 0 Å². The molecule has 0 aliphatic heterocycles. The van der Waals surface area contributed by atoms with Crippen molar-refractivity contribution in [2.24, 2.45) is 5.73 Å². The molecule has 2 N–H and O–H groups in total. The fraction of sp³-hybridized carbons (Fsp3) is 0.308. The van der Waals surface area contributed by atoms with E-state index in [1.54, 1.807) is 20.4 Å². The number of hydrogen-bond acceptors (Lipinski definition) is 5. The summed E-state index contributed by atoms with van der Waals surface area (Å²) in [6.07, 6.45) is 1.63. The Bertz CT molecular complexity index is 535. The van der Waals surface area contributed by atoms with E-state index in [1.807, 2.05) is 25.1 Å². The van der Waals surface area contributed by atoms with Gasteiger partial charge in [-0.25, -0.2) is 4.98 Å². The molecule has 2 rings (SSSR count). The smallest absolute Gasteiger partial charge is 0.211 e. The van der Waals surface area contributed by atoms with Gasteiger partial charge in [-0.15, -0.1) is 0 Å². The van der Waals surface area contributed by atoms with E-state index in [2.05, 4.69) is 4.98 Å². The van der Waals surface area contributed by atoms with Crippen molar-refractivity contribution in [2.75, 3.05) is 14.2 Å². The van der Waals surface area contributed by atoms with E-state index in [0.717, 1.165) is 5.56 Å². The Balaban J connectivity index is 2.49. The van der Waals surface area contributed by atoms with Crippen LogP contribution in [-0.2, 0) is 0 Å². The minimum Gasteiger partial charge on any atom is -0.493 e. The molecule has 0 bridgehead atoms. The molecule has 0 fully saturated rings. The third-order valence-electron chi connectivity index (χ3n) is 2.58. The lowest BCUT2D eigenvalue weighted by Crippen LogP contribution is -2.04. The number of nitrogens with zero attached hydrogens (tertiary/aromatic N) is 1. The summed E-state index contributed by atoms with van der Waals surface area (Å²) in [7, 11) is 3.18. The SMILES string of the molecule is COc1cccc(-c2cnc(C(C)N)o2)c1OC. The number of hydrogen-bond donors (Lipinski definition) is 1. The summed E-state index contributed by atoms with van der Waals surface area (Å²) in [4.78, 5) is 4.13. The van der Waals surface area contributed by atoms with Gasteiger partial charge in [0.05, 0.1) is 32.0 Å². The zero-order valence-electron chi connectivity index (χ0n) is 10.6. The Hall–Kier alpha value is -2.01. The first kappa shape index (κ1) is 12.4. The average molecular weight is 248 g/mol. The first-order valence-electron chi connectivity index (χ1n) is 5.60. The van der Waals surface area contributed by atoms with Gasteiger partial charge >= 0.3 is 0 Å². The third kappa shape index (κ3) is 2.17. The van der Waals surface area contributed by atoms with Gasteiger partial charge in [0.2, 0.25) is 5.89 Å². The van der Waals surface area contributed by atoms with Crippen LogP contribution < -0.4 is 15.2 Å². The highest BCUT2D eigenvalue weighted by Crippen LogP contribution is 2.38. The quantitative estimate of drug-likeness (QED) is 0.899. The van der Waals surface area contributed by atoms with Crippen LogP contribution in [0.4, 0.5) is 0 Å². The van der Waals surface area contributed by atoms with Gasteiger partial charge in [-0.05, 0) is 19.1 Å². The van der Waals surface area contributed by atoms with Gasteiger partial charge in [-0.2, -0.15) is 0 Å². The van der Waals surface area contributed by atoms with Crippen LogP contribution in [0.1, 0.15) is 18.9 Å². The van der Waals surface area contributed by atoms with E-state index in [-0.39, 0.29) is 6.04 Å². The Kier molecular flexibility index (Phi) is 3.53. The van der Waals surface area contributed by atoms with Gasteiger partial charge in [0.25, 0.3) is 0 Å². The Morgan fingerprint density at radius 1 is 1.28 bits per heavy atom. The zero-order chi connectivity index (χ0) is 13.1. The van der Waals surface area contributed by atoms with Crippen LogP contribution >= 0.6 is 0 Å². The summed E-state index contributed by atoms with van der Waals surface area (Å²) in [5.74, 6) is 2.37. The molecule has 0 saturated carbocycles. The molecule has 96 valence electrons. The van der Waals surface area contributed by atoms with Gasteiger partial charge < -0.3 is 19.6 Å². The number of methoxy groups -OCH3 is 2. The molecule has 0 aliphatic carbocycles. The fourth-order valence-electron chi connectivity index (χ4n) is 1.70. The van der Waals surface area contributed by atoms with Crippen LogP contribution in [0.5, 0.6) is 11.5 Å². The van der Waals surface area contributed by atoms with Crippen molar-refractivity contribution in [3.8, 4) is 22.8 Å². The Morgan fingerprint density at radius 3 is 2.61 bits per heavy atom. The maximum atomic E-state index is 5.72. The minimum atomic E-state index is -0.240. The van der Waals surface area contributed by atoms with Crippen molar-refractivity contribution >= 4 is 0 Å². The average Bonchev–Trinajstić information content (AvgIpc) is 2.87. The standard InChI is InChI=1S/C13H16N2O3/c1-8(14)13-15-7-11(18-13)9-5-4-6-10(16-2)12(9)17-3/h4-8H,14H2,1-3H3. The first-order chi connectivity index (χ1) is 8.67. The van der Waals surface area contributed by atoms with Gasteiger partial charge in [0.15, 0.2) is 17.3 Å². The van der Waals surface area contributed by atoms with E-state index in [9.17, 15) is 0 Å². The number of aromatic nitrogens is 1. The van der Waals surface area contributed by atoms with E-state index in [0.29, 0.717) is 23.1 Å². The van der Waals surface area contributed by atoms with Crippen molar-refractivity contribution in [3.63, 3.8) is 0 Å². The molecule has 0 radical (unpaired) electrons. The van der Waals surface area contributed by atoms with Crippen LogP contribution in [0.3, 0.4) is 0 Å². The molecule has 0 amide bonds. The molecule has 1 aromatic carbocycles. The maximum Gasteiger partial charge on any atom is 0.211 e. The summed E-state index contributed by atoms with van der Waals surface area (Å²) in [6, 6.07) is 5.33.